The van der Waals surface area contributed by atoms with Crippen molar-refractivity contribution in [2.75, 3.05) is 12.0 Å². The zero-order valence-electron chi connectivity index (χ0n) is 11.6. The molecule has 0 radical (unpaired) electrons. The predicted octanol–water partition coefficient (Wildman–Crippen LogP) is 2.79. The summed E-state index contributed by atoms with van der Waals surface area (Å²) >= 11 is 0. The summed E-state index contributed by atoms with van der Waals surface area (Å²) in [6.07, 6.45) is 1.17. The standard InChI is InChI=1S/C15H14N2O3S/c1-9-7-10(16)3-5-12(9)15-17-13-8-11(21(2,18)19)4-6-14(13)20-15/h3-8H,16H2,1-2H3. The second-order valence-corrected chi connectivity index (χ2v) is 7.01. The van der Waals surface area contributed by atoms with Crippen LogP contribution in [0.1, 0.15) is 5.56 Å². The Kier molecular flexibility index (Phi) is 2.98. The molecule has 0 bridgehead atoms. The first-order chi connectivity index (χ1) is 9.84. The van der Waals surface area contributed by atoms with Gasteiger partial charge < -0.3 is 10.2 Å². The molecule has 2 N–H and O–H groups in total. The molecule has 2 aromatic carbocycles. The molecular formula is C15H14N2O3S. The first kappa shape index (κ1) is 13.6. The van der Waals surface area contributed by atoms with E-state index in [4.69, 9.17) is 10.2 Å². The third kappa shape index (κ3) is 2.50. The number of oxazole rings is 1. The van der Waals surface area contributed by atoms with E-state index < -0.39 is 9.84 Å². The van der Waals surface area contributed by atoms with E-state index in [1.165, 1.54) is 18.4 Å². The number of benzene rings is 2. The number of fused-ring (bicyclic) bond motifs is 1. The largest absolute Gasteiger partial charge is 0.436 e. The smallest absolute Gasteiger partial charge is 0.227 e. The zero-order valence-corrected chi connectivity index (χ0v) is 12.4. The van der Waals surface area contributed by atoms with Gasteiger partial charge in [0.05, 0.1) is 4.90 Å². The SMILES string of the molecule is Cc1cc(N)ccc1-c1nc2cc(S(C)(=O)=O)ccc2o1. The third-order valence-electron chi connectivity index (χ3n) is 3.27. The molecule has 0 saturated heterocycles. The quantitative estimate of drug-likeness (QED) is 0.736. The summed E-state index contributed by atoms with van der Waals surface area (Å²) < 4.78 is 28.8. The Bertz CT molecular complexity index is 943. The Morgan fingerprint density at radius 2 is 1.90 bits per heavy atom. The maximum absolute atomic E-state index is 11.6. The normalized spacial score (nSPS) is 11.9. The van der Waals surface area contributed by atoms with Gasteiger partial charge in [0, 0.05) is 17.5 Å². The van der Waals surface area contributed by atoms with Crippen LogP contribution in [-0.4, -0.2) is 19.7 Å². The molecule has 3 aromatic rings. The van der Waals surface area contributed by atoms with Crippen molar-refractivity contribution < 1.29 is 12.8 Å². The van der Waals surface area contributed by atoms with Crippen molar-refractivity contribution in [2.24, 2.45) is 0 Å². The summed E-state index contributed by atoms with van der Waals surface area (Å²) in [4.78, 5) is 4.60. The van der Waals surface area contributed by atoms with E-state index in [9.17, 15) is 8.42 Å². The molecule has 0 amide bonds. The van der Waals surface area contributed by atoms with Crippen molar-refractivity contribution in [3.63, 3.8) is 0 Å². The summed E-state index contributed by atoms with van der Waals surface area (Å²) in [5, 5.41) is 0. The fraction of sp³-hybridized carbons (Fsp3) is 0.133. The van der Waals surface area contributed by atoms with Gasteiger partial charge in [-0.3, -0.25) is 0 Å². The topological polar surface area (TPSA) is 86.2 Å². The molecule has 108 valence electrons. The molecule has 3 rings (SSSR count). The van der Waals surface area contributed by atoms with Gasteiger partial charge in [0.2, 0.25) is 5.89 Å². The van der Waals surface area contributed by atoms with Crippen molar-refractivity contribution in [3.05, 3.63) is 42.0 Å². The van der Waals surface area contributed by atoms with E-state index in [0.717, 1.165) is 11.1 Å². The first-order valence-electron chi connectivity index (χ1n) is 6.32. The molecule has 0 atom stereocenters. The van der Waals surface area contributed by atoms with Crippen molar-refractivity contribution >= 4 is 26.6 Å². The number of aryl methyl sites for hydroxylation is 1. The molecule has 0 spiro atoms. The zero-order chi connectivity index (χ0) is 15.2. The van der Waals surface area contributed by atoms with Crippen LogP contribution < -0.4 is 5.73 Å². The molecule has 0 unspecified atom stereocenters. The molecule has 0 fully saturated rings. The Hall–Kier alpha value is -2.34. The highest BCUT2D eigenvalue weighted by atomic mass is 32.2. The van der Waals surface area contributed by atoms with Crippen molar-refractivity contribution in [3.8, 4) is 11.5 Å². The number of rotatable bonds is 2. The van der Waals surface area contributed by atoms with Crippen LogP contribution in [0.2, 0.25) is 0 Å². The highest BCUT2D eigenvalue weighted by Crippen LogP contribution is 2.29. The van der Waals surface area contributed by atoms with Crippen LogP contribution >= 0.6 is 0 Å². The predicted molar refractivity (Wildman–Crippen MR) is 81.7 cm³/mol. The monoisotopic (exact) mass is 302 g/mol. The van der Waals surface area contributed by atoms with Gasteiger partial charge in [-0.25, -0.2) is 13.4 Å². The average Bonchev–Trinajstić information content (AvgIpc) is 2.79. The van der Waals surface area contributed by atoms with Crippen LogP contribution in [-0.2, 0) is 9.84 Å². The van der Waals surface area contributed by atoms with Crippen LogP contribution in [0.5, 0.6) is 0 Å². The molecule has 1 aromatic heterocycles. The number of hydrogen-bond acceptors (Lipinski definition) is 5. The fourth-order valence-electron chi connectivity index (χ4n) is 2.18. The third-order valence-corrected chi connectivity index (χ3v) is 4.38. The highest BCUT2D eigenvalue weighted by molar-refractivity contribution is 7.90. The van der Waals surface area contributed by atoms with E-state index >= 15 is 0 Å². The van der Waals surface area contributed by atoms with E-state index in [1.807, 2.05) is 19.1 Å². The van der Waals surface area contributed by atoms with Crippen LogP contribution in [0.4, 0.5) is 5.69 Å². The van der Waals surface area contributed by atoms with E-state index in [2.05, 4.69) is 4.98 Å². The minimum Gasteiger partial charge on any atom is -0.436 e. The summed E-state index contributed by atoms with van der Waals surface area (Å²) in [5.41, 5.74) is 9.25. The minimum absolute atomic E-state index is 0.226. The molecule has 1 heterocycles. The number of anilines is 1. The number of nitrogens with zero attached hydrogens (tertiary/aromatic N) is 1. The molecule has 0 aliphatic rings. The molecule has 6 heteroatoms. The lowest BCUT2D eigenvalue weighted by Gasteiger charge is -2.01. The van der Waals surface area contributed by atoms with Gasteiger partial charge in [0.25, 0.3) is 0 Å². The lowest BCUT2D eigenvalue weighted by atomic mass is 10.1. The Morgan fingerprint density at radius 3 is 2.57 bits per heavy atom. The molecular weight excluding hydrogens is 288 g/mol. The highest BCUT2D eigenvalue weighted by Gasteiger charge is 2.14. The molecule has 5 nitrogen and oxygen atoms in total. The maximum atomic E-state index is 11.6. The van der Waals surface area contributed by atoms with Gasteiger partial charge in [0.1, 0.15) is 5.52 Å². The van der Waals surface area contributed by atoms with Gasteiger partial charge >= 0.3 is 0 Å². The second-order valence-electron chi connectivity index (χ2n) is 5.00. The van der Waals surface area contributed by atoms with Crippen LogP contribution in [0.25, 0.3) is 22.6 Å². The van der Waals surface area contributed by atoms with Crippen molar-refractivity contribution in [2.45, 2.75) is 11.8 Å². The van der Waals surface area contributed by atoms with Crippen molar-refractivity contribution in [1.29, 1.82) is 0 Å². The number of aromatic nitrogens is 1. The Morgan fingerprint density at radius 1 is 1.14 bits per heavy atom. The van der Waals surface area contributed by atoms with Crippen LogP contribution in [0.15, 0.2) is 45.7 Å². The minimum atomic E-state index is -3.26. The summed E-state index contributed by atoms with van der Waals surface area (Å²) in [7, 11) is -3.26. The number of sulfone groups is 1. The molecule has 21 heavy (non-hydrogen) atoms. The van der Waals surface area contributed by atoms with Crippen LogP contribution in [0.3, 0.4) is 0 Å². The summed E-state index contributed by atoms with van der Waals surface area (Å²) in [6, 6.07) is 10.1. The molecule has 0 saturated carbocycles. The van der Waals surface area contributed by atoms with Crippen molar-refractivity contribution in [1.82, 2.24) is 4.98 Å². The molecule has 0 aliphatic heterocycles. The van der Waals surface area contributed by atoms with Gasteiger partial charge in [-0.1, -0.05) is 0 Å². The fourth-order valence-corrected chi connectivity index (χ4v) is 2.82. The van der Waals surface area contributed by atoms with Gasteiger partial charge in [0.15, 0.2) is 15.4 Å². The summed E-state index contributed by atoms with van der Waals surface area (Å²) in [5.74, 6) is 0.452. The summed E-state index contributed by atoms with van der Waals surface area (Å²) in [6.45, 7) is 1.92. The first-order valence-corrected chi connectivity index (χ1v) is 8.21. The maximum Gasteiger partial charge on any atom is 0.227 e. The van der Waals surface area contributed by atoms with Gasteiger partial charge in [-0.05, 0) is 48.9 Å². The van der Waals surface area contributed by atoms with E-state index in [-0.39, 0.29) is 4.90 Å². The van der Waals surface area contributed by atoms with E-state index in [0.29, 0.717) is 22.7 Å². The lowest BCUT2D eigenvalue weighted by Crippen LogP contribution is -1.96. The van der Waals surface area contributed by atoms with E-state index in [1.54, 1.807) is 12.1 Å². The Labute approximate surface area is 122 Å². The average molecular weight is 302 g/mol. The van der Waals surface area contributed by atoms with Gasteiger partial charge in [-0.15, -0.1) is 0 Å². The lowest BCUT2D eigenvalue weighted by molar-refractivity contribution is 0.602. The second kappa shape index (κ2) is 4.60. The van der Waals surface area contributed by atoms with Crippen LogP contribution in [0, 0.1) is 6.92 Å². The molecule has 0 aliphatic carbocycles. The number of nitrogens with two attached hydrogens (primary N) is 1. The van der Waals surface area contributed by atoms with Gasteiger partial charge in [-0.2, -0.15) is 0 Å². The number of nitrogen functional groups attached to an aromatic ring is 1. The number of hydrogen-bond donors (Lipinski definition) is 1. The Balaban J connectivity index is 2.17.